The standard InChI is InChI=1S/C50H87N13O11/c1-5-6-7-8-12-15-33(65)29-41(66)56-35(18-23-51)44(68)60-39-22-27-55-43(67)40(28-30(2)3)62-47(71)37(20-25-53)58-46(70)38(21-26-54)61-50(74)42(31(4)64)63-49(73)34(17-16-32-13-10-9-11-14-32)57-45(69)36(19-24-52)59-48(39)72/h9-11,13-14,30-31,33-40,42,64-65H,5-8,12,15-29,51-54H2,1-4H3,(H,55,67)(H,56,66)(H,57,69)(H,58,70)(H,59,72)(H,60,68)(H,61,74)(H,62,71)(H,63,73)/t31-,33-,34-,35-,36+,37+,38+,39+,40+,42+/m1/s1. The molecule has 0 bridgehead atoms. The lowest BCUT2D eigenvalue weighted by atomic mass is 10.0. The number of rotatable bonds is 25. The van der Waals surface area contributed by atoms with Crippen LogP contribution < -0.4 is 70.8 Å². The van der Waals surface area contributed by atoms with Gasteiger partial charge in [-0.1, -0.05) is 83.2 Å². The summed E-state index contributed by atoms with van der Waals surface area (Å²) in [5, 5.41) is 44.9. The highest BCUT2D eigenvalue weighted by molar-refractivity contribution is 5.98. The normalized spacial score (nSPS) is 23.4. The summed E-state index contributed by atoms with van der Waals surface area (Å²) in [6.07, 6.45) is 1.91. The fourth-order valence-corrected chi connectivity index (χ4v) is 8.24. The van der Waals surface area contributed by atoms with E-state index in [0.717, 1.165) is 37.7 Å². The molecule has 9 amide bonds. The van der Waals surface area contributed by atoms with Gasteiger partial charge in [0.15, 0.2) is 0 Å². The first kappa shape index (κ1) is 64.3. The smallest absolute Gasteiger partial charge is 0.245 e. The van der Waals surface area contributed by atoms with Crippen molar-refractivity contribution in [2.75, 3.05) is 32.7 Å². The van der Waals surface area contributed by atoms with E-state index >= 15 is 0 Å². The van der Waals surface area contributed by atoms with Crippen LogP contribution in [0.25, 0.3) is 0 Å². The van der Waals surface area contributed by atoms with E-state index in [2.05, 4.69) is 54.8 Å². The molecule has 24 heteroatoms. The molecule has 0 radical (unpaired) electrons. The summed E-state index contributed by atoms with van der Waals surface area (Å²) in [5.41, 5.74) is 24.3. The maximum absolute atomic E-state index is 14.4. The molecule has 74 heavy (non-hydrogen) atoms. The molecule has 1 aliphatic rings. The fourth-order valence-electron chi connectivity index (χ4n) is 8.24. The van der Waals surface area contributed by atoms with Crippen LogP contribution in [0.5, 0.6) is 0 Å². The molecule has 418 valence electrons. The lowest BCUT2D eigenvalue weighted by molar-refractivity contribution is -0.137. The minimum absolute atomic E-state index is 0.0394. The second-order valence-corrected chi connectivity index (χ2v) is 19.3. The Hall–Kier alpha value is -5.79. The summed E-state index contributed by atoms with van der Waals surface area (Å²) in [6, 6.07) is -2.14. The lowest BCUT2D eigenvalue weighted by Gasteiger charge is -2.28. The summed E-state index contributed by atoms with van der Waals surface area (Å²) < 4.78 is 0. The second-order valence-electron chi connectivity index (χ2n) is 19.3. The Bertz CT molecular complexity index is 1930. The van der Waals surface area contributed by atoms with Crippen molar-refractivity contribution in [3.63, 3.8) is 0 Å². The first-order valence-electron chi connectivity index (χ1n) is 26.2. The van der Waals surface area contributed by atoms with Crippen molar-refractivity contribution >= 4 is 53.2 Å². The molecular formula is C50H87N13O11. The van der Waals surface area contributed by atoms with Gasteiger partial charge in [0.1, 0.15) is 48.3 Å². The number of nitrogens with one attached hydrogen (secondary N) is 9. The van der Waals surface area contributed by atoms with E-state index in [4.69, 9.17) is 22.9 Å². The zero-order valence-corrected chi connectivity index (χ0v) is 43.8. The van der Waals surface area contributed by atoms with Crippen molar-refractivity contribution in [1.82, 2.24) is 47.9 Å². The van der Waals surface area contributed by atoms with Gasteiger partial charge in [-0.05, 0) is 102 Å². The highest BCUT2D eigenvalue weighted by Crippen LogP contribution is 2.12. The first-order chi connectivity index (χ1) is 35.3. The minimum atomic E-state index is -1.69. The third-order valence-corrected chi connectivity index (χ3v) is 12.4. The summed E-state index contributed by atoms with van der Waals surface area (Å²) in [6.45, 7) is 6.28. The minimum Gasteiger partial charge on any atom is -0.393 e. The van der Waals surface area contributed by atoms with E-state index in [1.807, 2.05) is 13.8 Å². The number of benzene rings is 1. The Balaban J connectivity index is 2.66. The van der Waals surface area contributed by atoms with Crippen LogP contribution in [0.4, 0.5) is 0 Å². The molecule has 1 saturated heterocycles. The number of aliphatic hydroxyl groups is 2. The Morgan fingerprint density at radius 1 is 0.622 bits per heavy atom. The molecule has 0 unspecified atom stereocenters. The SMILES string of the molecule is CCCCCCC[C@@H](O)CC(=O)N[C@H](CCN)C(=O)N[C@H]1CCNC(=O)[C@H](CC(C)C)NC(=O)[C@H](CCN)NC(=O)[C@H](CCN)NC(=O)[C@H]([C@@H](C)O)NC(=O)[C@@H](CCc2ccccc2)NC(=O)[C@H](CCN)NC1=O. The van der Waals surface area contributed by atoms with Gasteiger partial charge >= 0.3 is 0 Å². The molecule has 0 aromatic heterocycles. The molecule has 1 aromatic rings. The van der Waals surface area contributed by atoms with Crippen molar-refractivity contribution in [2.24, 2.45) is 28.9 Å². The zero-order chi connectivity index (χ0) is 55.2. The molecule has 24 nitrogen and oxygen atoms in total. The maximum atomic E-state index is 14.4. The van der Waals surface area contributed by atoms with Crippen LogP contribution in [0.3, 0.4) is 0 Å². The lowest BCUT2D eigenvalue weighted by Crippen LogP contribution is -2.62. The molecule has 0 aliphatic carbocycles. The van der Waals surface area contributed by atoms with Crippen LogP contribution in [0.1, 0.15) is 123 Å². The molecule has 1 aromatic carbocycles. The van der Waals surface area contributed by atoms with E-state index < -0.39 is 114 Å². The molecular weight excluding hydrogens is 959 g/mol. The topological polar surface area (TPSA) is 406 Å². The van der Waals surface area contributed by atoms with Gasteiger partial charge in [0.05, 0.1) is 18.6 Å². The molecule has 1 heterocycles. The van der Waals surface area contributed by atoms with Gasteiger partial charge < -0.3 is 81.0 Å². The molecule has 0 saturated carbocycles. The number of aryl methyl sites for hydroxylation is 1. The van der Waals surface area contributed by atoms with E-state index in [9.17, 15) is 53.4 Å². The molecule has 1 aliphatic heterocycles. The Kier molecular flexibility index (Phi) is 30.8. The summed E-state index contributed by atoms with van der Waals surface area (Å²) in [7, 11) is 0. The van der Waals surface area contributed by atoms with Crippen molar-refractivity contribution in [3.8, 4) is 0 Å². The number of carbonyl (C=O) groups is 9. The van der Waals surface area contributed by atoms with Gasteiger partial charge in [-0.2, -0.15) is 0 Å². The van der Waals surface area contributed by atoms with Crippen LogP contribution in [0, 0.1) is 5.92 Å². The van der Waals surface area contributed by atoms with E-state index in [1.54, 1.807) is 30.3 Å². The number of aliphatic hydroxyl groups excluding tert-OH is 2. The van der Waals surface area contributed by atoms with Gasteiger partial charge in [-0.3, -0.25) is 43.2 Å². The average molecular weight is 1050 g/mol. The molecule has 10 atom stereocenters. The van der Waals surface area contributed by atoms with Gasteiger partial charge in [-0.25, -0.2) is 0 Å². The highest BCUT2D eigenvalue weighted by atomic mass is 16.3. The summed E-state index contributed by atoms with van der Waals surface area (Å²) in [4.78, 5) is 125. The van der Waals surface area contributed by atoms with Gasteiger partial charge in [0.2, 0.25) is 53.2 Å². The predicted octanol–water partition coefficient (Wildman–Crippen LogP) is -3.05. The third-order valence-electron chi connectivity index (χ3n) is 12.4. The molecule has 19 N–H and O–H groups in total. The third kappa shape index (κ3) is 24.0. The van der Waals surface area contributed by atoms with Crippen LogP contribution in [0.15, 0.2) is 30.3 Å². The molecule has 0 spiro atoms. The number of nitrogens with two attached hydrogens (primary N) is 4. The zero-order valence-electron chi connectivity index (χ0n) is 43.8. The van der Waals surface area contributed by atoms with Crippen molar-refractivity contribution in [1.29, 1.82) is 0 Å². The Morgan fingerprint density at radius 3 is 1.66 bits per heavy atom. The largest absolute Gasteiger partial charge is 0.393 e. The number of hydrogen-bond acceptors (Lipinski definition) is 15. The summed E-state index contributed by atoms with van der Waals surface area (Å²) in [5.74, 6) is -7.60. The average Bonchev–Trinajstić information content (AvgIpc) is 3.35. The van der Waals surface area contributed by atoms with E-state index in [-0.39, 0.29) is 96.4 Å². The van der Waals surface area contributed by atoms with Crippen LogP contribution in [-0.4, -0.2) is 157 Å². The quantitative estimate of drug-likeness (QED) is 0.0433. The van der Waals surface area contributed by atoms with Gasteiger partial charge in [0.25, 0.3) is 0 Å². The van der Waals surface area contributed by atoms with Crippen LogP contribution in [0.2, 0.25) is 0 Å². The number of carbonyl (C=O) groups excluding carboxylic acids is 9. The molecule has 1 fully saturated rings. The Labute approximate surface area is 435 Å². The van der Waals surface area contributed by atoms with Crippen molar-refractivity contribution in [3.05, 3.63) is 35.9 Å². The molecule has 2 rings (SSSR count). The van der Waals surface area contributed by atoms with Gasteiger partial charge in [0, 0.05) is 6.54 Å². The van der Waals surface area contributed by atoms with E-state index in [0.29, 0.717) is 6.42 Å². The van der Waals surface area contributed by atoms with Gasteiger partial charge in [-0.15, -0.1) is 0 Å². The monoisotopic (exact) mass is 1050 g/mol. The van der Waals surface area contributed by atoms with Crippen molar-refractivity contribution < 1.29 is 53.4 Å². The highest BCUT2D eigenvalue weighted by Gasteiger charge is 2.36. The van der Waals surface area contributed by atoms with Crippen LogP contribution >= 0.6 is 0 Å². The first-order valence-corrected chi connectivity index (χ1v) is 26.2. The number of hydrogen-bond donors (Lipinski definition) is 15. The second kappa shape index (κ2) is 35.4. The van der Waals surface area contributed by atoms with E-state index in [1.165, 1.54) is 6.92 Å². The number of unbranched alkanes of at least 4 members (excludes halogenated alkanes) is 4. The predicted molar refractivity (Wildman–Crippen MR) is 278 cm³/mol. The van der Waals surface area contributed by atoms with Crippen LogP contribution in [-0.2, 0) is 49.6 Å². The Morgan fingerprint density at radius 2 is 1.14 bits per heavy atom. The maximum Gasteiger partial charge on any atom is 0.245 e. The number of amides is 9. The summed E-state index contributed by atoms with van der Waals surface area (Å²) >= 11 is 0. The van der Waals surface area contributed by atoms with Crippen molar-refractivity contribution in [2.45, 2.75) is 185 Å². The fraction of sp³-hybridized carbons (Fsp3) is 0.700.